The quantitative estimate of drug-likeness (QED) is 0.317. The number of pyridine rings is 2. The van der Waals surface area contributed by atoms with Gasteiger partial charge in [0.05, 0.1) is 10.2 Å². The van der Waals surface area contributed by atoms with Crippen molar-refractivity contribution in [1.82, 2.24) is 19.9 Å². The normalized spacial score (nSPS) is 14.0. The van der Waals surface area contributed by atoms with E-state index in [0.29, 0.717) is 0 Å². The predicted octanol–water partition coefficient (Wildman–Crippen LogP) is 6.25. The lowest BCUT2D eigenvalue weighted by Crippen LogP contribution is -1.92. The van der Waals surface area contributed by atoms with Crippen molar-refractivity contribution in [3.8, 4) is 0 Å². The summed E-state index contributed by atoms with van der Waals surface area (Å²) in [5.41, 5.74) is 6.63. The third-order valence-electron chi connectivity index (χ3n) is 5.32. The number of aryl methyl sites for hydroxylation is 4. The molecule has 0 amide bonds. The summed E-state index contributed by atoms with van der Waals surface area (Å²) in [4.78, 5) is 16.6. The van der Waals surface area contributed by atoms with Crippen molar-refractivity contribution in [1.29, 1.82) is 0 Å². The maximum atomic E-state index is 4.38. The van der Waals surface area contributed by atoms with Crippen LogP contribution in [-0.4, -0.2) is 19.9 Å². The minimum atomic E-state index is 0. The van der Waals surface area contributed by atoms with Gasteiger partial charge in [0.2, 0.25) is 0 Å². The van der Waals surface area contributed by atoms with Gasteiger partial charge in [0.15, 0.2) is 0 Å². The molecule has 156 valence electrons. The molecule has 0 atom stereocenters. The molecule has 0 saturated carbocycles. The Balaban J connectivity index is 0.000000127. The first-order valence-corrected chi connectivity index (χ1v) is 11.3. The van der Waals surface area contributed by atoms with Crippen LogP contribution in [0.3, 0.4) is 0 Å². The molecule has 2 aliphatic carbocycles. The highest BCUT2D eigenvalue weighted by Crippen LogP contribution is 2.18. The number of aromatic nitrogens is 4. The lowest BCUT2D eigenvalue weighted by molar-refractivity contribution is 0.708. The number of hydrogen-bond donors (Lipinski definition) is 0. The Labute approximate surface area is 183 Å². The van der Waals surface area contributed by atoms with E-state index in [1.165, 1.54) is 73.9 Å². The molecule has 4 aromatic heterocycles. The van der Waals surface area contributed by atoms with Gasteiger partial charge >= 0.3 is 0 Å². The minimum Gasteiger partial charge on any atom is -0.261 e. The van der Waals surface area contributed by atoms with Gasteiger partial charge in [-0.05, 0) is 79.7 Å². The molecule has 4 heterocycles. The van der Waals surface area contributed by atoms with E-state index in [4.69, 9.17) is 0 Å². The van der Waals surface area contributed by atoms with Gasteiger partial charge in [-0.3, -0.25) is 9.97 Å². The van der Waals surface area contributed by atoms with Crippen molar-refractivity contribution in [3.05, 3.63) is 83.1 Å². The van der Waals surface area contributed by atoms with E-state index in [1.807, 2.05) is 42.2 Å². The maximum absolute atomic E-state index is 4.38. The summed E-state index contributed by atoms with van der Waals surface area (Å²) in [5.74, 6) is 0. The summed E-state index contributed by atoms with van der Waals surface area (Å²) in [5, 5.41) is 2.01. The number of rotatable bonds is 0. The van der Waals surface area contributed by atoms with Crippen LogP contribution in [0.15, 0.2) is 60.6 Å². The summed E-state index contributed by atoms with van der Waals surface area (Å²) >= 11 is 1.66. The van der Waals surface area contributed by atoms with Crippen molar-refractivity contribution < 1.29 is 0 Å². The van der Waals surface area contributed by atoms with Gasteiger partial charge in [0.25, 0.3) is 0 Å². The number of thiophene rings is 1. The molecule has 0 spiro atoms. The number of fused-ring (bicyclic) bond motifs is 3. The van der Waals surface area contributed by atoms with Crippen molar-refractivity contribution in [3.63, 3.8) is 0 Å². The van der Waals surface area contributed by atoms with Crippen LogP contribution in [0.4, 0.5) is 0 Å². The third kappa shape index (κ3) is 5.92. The Hall–Kier alpha value is -2.66. The van der Waals surface area contributed by atoms with Crippen molar-refractivity contribution in [2.24, 2.45) is 0 Å². The first-order chi connectivity index (χ1) is 14.4. The van der Waals surface area contributed by atoms with E-state index < -0.39 is 0 Å². The average Bonchev–Trinajstić information content (AvgIpc) is 3.39. The fourth-order valence-electron chi connectivity index (χ4n) is 3.79. The van der Waals surface area contributed by atoms with Gasteiger partial charge in [-0.2, -0.15) is 0 Å². The fourth-order valence-corrected chi connectivity index (χ4v) is 4.50. The zero-order valence-electron chi connectivity index (χ0n) is 16.6. The summed E-state index contributed by atoms with van der Waals surface area (Å²) in [6.07, 6.45) is 17.4. The van der Waals surface area contributed by atoms with Gasteiger partial charge < -0.3 is 0 Å². The smallest absolute Gasteiger partial charge is 0.116 e. The van der Waals surface area contributed by atoms with E-state index in [0.717, 1.165) is 10.2 Å². The SMILES string of the molecule is C.c1cnc2c(c1)CCC2.c1cnc2c(c1)CCCCC2.c1ncc2sccc2n1. The van der Waals surface area contributed by atoms with Crippen LogP contribution in [0.1, 0.15) is 55.6 Å². The molecule has 4 nitrogen and oxygen atoms in total. The van der Waals surface area contributed by atoms with Gasteiger partial charge in [-0.15, -0.1) is 11.3 Å². The Morgan fingerprint density at radius 2 is 1.37 bits per heavy atom. The van der Waals surface area contributed by atoms with Gasteiger partial charge in [-0.25, -0.2) is 9.97 Å². The van der Waals surface area contributed by atoms with Crippen LogP contribution in [0, 0.1) is 0 Å². The first-order valence-electron chi connectivity index (χ1n) is 10.4. The molecule has 0 N–H and O–H groups in total. The second-order valence-electron chi connectivity index (χ2n) is 7.33. The second-order valence-corrected chi connectivity index (χ2v) is 8.27. The monoisotopic (exact) mass is 418 g/mol. The molecule has 0 saturated heterocycles. The van der Waals surface area contributed by atoms with Crippen LogP contribution in [-0.2, 0) is 25.7 Å². The van der Waals surface area contributed by atoms with Crippen LogP contribution in [0.2, 0.25) is 0 Å². The molecule has 0 aromatic carbocycles. The first kappa shape index (κ1) is 22.0. The van der Waals surface area contributed by atoms with Gasteiger partial charge in [-0.1, -0.05) is 26.0 Å². The zero-order chi connectivity index (χ0) is 19.7. The van der Waals surface area contributed by atoms with Gasteiger partial charge in [0, 0.05) is 30.0 Å². The Morgan fingerprint density at radius 3 is 2.10 bits per heavy atom. The predicted molar refractivity (Wildman–Crippen MR) is 126 cm³/mol. The Morgan fingerprint density at radius 1 is 0.700 bits per heavy atom. The number of nitrogens with zero attached hydrogens (tertiary/aromatic N) is 4. The molecule has 4 aromatic rings. The fraction of sp³-hybridized carbons (Fsp3) is 0.360. The zero-order valence-corrected chi connectivity index (χ0v) is 17.4. The molecule has 30 heavy (non-hydrogen) atoms. The highest BCUT2D eigenvalue weighted by Gasteiger charge is 2.09. The third-order valence-corrected chi connectivity index (χ3v) is 6.16. The lowest BCUT2D eigenvalue weighted by atomic mass is 10.1. The molecule has 0 bridgehead atoms. The van der Waals surface area contributed by atoms with Crippen molar-refractivity contribution in [2.75, 3.05) is 0 Å². The van der Waals surface area contributed by atoms with Crippen molar-refractivity contribution >= 4 is 21.6 Å². The van der Waals surface area contributed by atoms with E-state index >= 15 is 0 Å². The summed E-state index contributed by atoms with van der Waals surface area (Å²) < 4.78 is 1.15. The second kappa shape index (κ2) is 11.5. The highest BCUT2D eigenvalue weighted by molar-refractivity contribution is 7.17. The van der Waals surface area contributed by atoms with Crippen LogP contribution in [0.25, 0.3) is 10.2 Å². The standard InChI is InChI=1S/C10H13N.C8H9N.C6H4N2S.CH4/c1-2-5-9-6-4-8-11-10(9)7-3-1;1-3-7-4-2-6-9-8(7)5-1;1-2-9-6-3-7-4-8-5(1)6;/h4,6,8H,1-3,5,7H2;2,4,6H,1,3,5H2;1-4H;1H4. The lowest BCUT2D eigenvalue weighted by Gasteiger charge is -2.01. The highest BCUT2D eigenvalue weighted by atomic mass is 32.1. The molecule has 6 rings (SSSR count). The van der Waals surface area contributed by atoms with E-state index in [-0.39, 0.29) is 7.43 Å². The topological polar surface area (TPSA) is 51.6 Å². The molecule has 0 unspecified atom stereocenters. The van der Waals surface area contributed by atoms with Gasteiger partial charge in [0.1, 0.15) is 6.33 Å². The molecular formula is C25H30N4S. The number of hydrogen-bond acceptors (Lipinski definition) is 5. The summed E-state index contributed by atoms with van der Waals surface area (Å²) in [7, 11) is 0. The Bertz CT molecular complexity index is 966. The largest absolute Gasteiger partial charge is 0.261 e. The van der Waals surface area contributed by atoms with Crippen molar-refractivity contribution in [2.45, 2.75) is 58.8 Å². The van der Waals surface area contributed by atoms with E-state index in [1.54, 1.807) is 17.7 Å². The molecule has 2 aliphatic rings. The van der Waals surface area contributed by atoms with Crippen LogP contribution >= 0.6 is 11.3 Å². The molecule has 0 aliphatic heterocycles. The molecule has 0 fully saturated rings. The van der Waals surface area contributed by atoms with E-state index in [9.17, 15) is 0 Å². The van der Waals surface area contributed by atoms with Crippen LogP contribution in [0.5, 0.6) is 0 Å². The molecule has 5 heteroatoms. The molecule has 0 radical (unpaired) electrons. The molecular weight excluding hydrogens is 388 g/mol. The summed E-state index contributed by atoms with van der Waals surface area (Å²) in [6.45, 7) is 0. The summed E-state index contributed by atoms with van der Waals surface area (Å²) in [6, 6.07) is 10.4. The minimum absolute atomic E-state index is 0. The van der Waals surface area contributed by atoms with E-state index in [2.05, 4.69) is 32.1 Å². The average molecular weight is 419 g/mol. The maximum Gasteiger partial charge on any atom is 0.116 e. The van der Waals surface area contributed by atoms with Crippen LogP contribution < -0.4 is 0 Å². The Kier molecular flexibility index (Phi) is 8.45.